The van der Waals surface area contributed by atoms with Crippen molar-refractivity contribution in [1.29, 1.82) is 0 Å². The molecule has 0 unspecified atom stereocenters. The number of ether oxygens (including phenoxy) is 2. The summed E-state index contributed by atoms with van der Waals surface area (Å²) < 4.78 is 39.6. The third-order valence-electron chi connectivity index (χ3n) is 3.16. The first-order chi connectivity index (χ1) is 11.0. The minimum Gasteiger partial charge on any atom is -0.497 e. The Morgan fingerprint density at radius 3 is 2.30 bits per heavy atom. The number of hydrogen-bond acceptors (Lipinski definition) is 6. The second-order valence-corrected chi connectivity index (χ2v) is 7.22. The van der Waals surface area contributed by atoms with Crippen LogP contribution in [0.5, 0.6) is 11.5 Å². The molecular formula is C16H18O5S2. The van der Waals surface area contributed by atoms with Crippen LogP contribution in [0, 0.1) is 6.92 Å². The highest BCUT2D eigenvalue weighted by atomic mass is 32.3. The summed E-state index contributed by atoms with van der Waals surface area (Å²) in [6, 6.07) is 11.9. The molecule has 2 aromatic carbocycles. The van der Waals surface area contributed by atoms with Gasteiger partial charge < -0.3 is 9.47 Å². The molecule has 0 aliphatic carbocycles. The highest BCUT2D eigenvalue weighted by Crippen LogP contribution is 2.29. The molecule has 0 fully saturated rings. The largest absolute Gasteiger partial charge is 0.497 e. The number of rotatable bonds is 7. The minimum absolute atomic E-state index is 0.136. The van der Waals surface area contributed by atoms with Crippen molar-refractivity contribution in [2.45, 2.75) is 17.6 Å². The Hall–Kier alpha value is -1.70. The zero-order chi connectivity index (χ0) is 16.9. The van der Waals surface area contributed by atoms with Gasteiger partial charge in [0.2, 0.25) is 0 Å². The maximum Gasteiger partial charge on any atom is 0.307 e. The maximum absolute atomic E-state index is 12.1. The lowest BCUT2D eigenvalue weighted by atomic mass is 10.2. The first kappa shape index (κ1) is 17.7. The van der Waals surface area contributed by atoms with E-state index in [1.165, 1.54) is 12.1 Å². The number of methoxy groups -OCH3 is 2. The molecule has 0 atom stereocenters. The molecule has 5 nitrogen and oxygen atoms in total. The second kappa shape index (κ2) is 7.72. The minimum atomic E-state index is -3.78. The van der Waals surface area contributed by atoms with Crippen LogP contribution in [-0.2, 0) is 19.5 Å². The summed E-state index contributed by atoms with van der Waals surface area (Å²) >= 11 is 0.847. The van der Waals surface area contributed by atoms with Crippen LogP contribution in [-0.4, -0.2) is 22.6 Å². The van der Waals surface area contributed by atoms with Gasteiger partial charge in [-0.2, -0.15) is 12.0 Å². The van der Waals surface area contributed by atoms with Gasteiger partial charge in [0.05, 0.1) is 19.1 Å². The van der Waals surface area contributed by atoms with Gasteiger partial charge >= 0.3 is 10.1 Å². The van der Waals surface area contributed by atoms with Crippen LogP contribution in [0.4, 0.5) is 0 Å². The molecule has 0 bridgehead atoms. The van der Waals surface area contributed by atoms with E-state index >= 15 is 0 Å². The van der Waals surface area contributed by atoms with Crippen LogP contribution in [0.3, 0.4) is 0 Å². The predicted molar refractivity (Wildman–Crippen MR) is 90.3 cm³/mol. The van der Waals surface area contributed by atoms with E-state index in [0.29, 0.717) is 17.3 Å². The molecule has 0 aliphatic rings. The van der Waals surface area contributed by atoms with Crippen molar-refractivity contribution in [1.82, 2.24) is 0 Å². The number of aryl methyl sites for hydroxylation is 1. The Kier molecular flexibility index (Phi) is 5.92. The topological polar surface area (TPSA) is 61.8 Å². The highest BCUT2D eigenvalue weighted by Gasteiger charge is 2.16. The second-order valence-electron chi connectivity index (χ2n) is 4.78. The predicted octanol–water partition coefficient (Wildman–Crippen LogP) is 3.57. The van der Waals surface area contributed by atoms with E-state index < -0.39 is 10.1 Å². The van der Waals surface area contributed by atoms with Gasteiger partial charge in [-0.1, -0.05) is 23.8 Å². The molecule has 0 heterocycles. The molecule has 124 valence electrons. The number of benzene rings is 2. The zero-order valence-electron chi connectivity index (χ0n) is 13.1. The first-order valence-electron chi connectivity index (χ1n) is 6.80. The highest BCUT2D eigenvalue weighted by molar-refractivity contribution is 8.04. The fraction of sp³-hybridized carbons (Fsp3) is 0.250. The summed E-state index contributed by atoms with van der Waals surface area (Å²) in [6.45, 7) is 1.89. The van der Waals surface area contributed by atoms with E-state index in [1.807, 2.05) is 13.0 Å². The van der Waals surface area contributed by atoms with Crippen molar-refractivity contribution in [3.8, 4) is 11.5 Å². The summed E-state index contributed by atoms with van der Waals surface area (Å²) in [5.74, 6) is 1.62. The lowest BCUT2D eigenvalue weighted by molar-refractivity contribution is 0.392. The van der Waals surface area contributed by atoms with E-state index in [9.17, 15) is 8.42 Å². The van der Waals surface area contributed by atoms with Gasteiger partial charge in [-0.3, -0.25) is 0 Å². The molecule has 0 saturated heterocycles. The number of hydrogen-bond donors (Lipinski definition) is 0. The van der Waals surface area contributed by atoms with E-state index in [0.717, 1.165) is 23.2 Å². The SMILES string of the molecule is COc1ccc(CSOS(=O)(=O)c2ccc(C)cc2)c(OC)c1. The van der Waals surface area contributed by atoms with Crippen LogP contribution < -0.4 is 9.47 Å². The average molecular weight is 354 g/mol. The molecule has 2 aromatic rings. The molecule has 0 aliphatic heterocycles. The average Bonchev–Trinajstić information content (AvgIpc) is 2.55. The standard InChI is InChI=1S/C16H18O5S2/c1-12-4-8-15(9-5-12)23(17,18)21-22-11-13-6-7-14(19-2)10-16(13)20-3/h4-10H,11H2,1-3H3. The Labute approximate surface area is 140 Å². The van der Waals surface area contributed by atoms with Gasteiger partial charge in [0.15, 0.2) is 0 Å². The third kappa shape index (κ3) is 4.63. The van der Waals surface area contributed by atoms with E-state index in [1.54, 1.807) is 38.5 Å². The normalized spacial score (nSPS) is 11.3. The van der Waals surface area contributed by atoms with Gasteiger partial charge in [-0.15, -0.1) is 0 Å². The van der Waals surface area contributed by atoms with E-state index in [2.05, 4.69) is 0 Å². The van der Waals surface area contributed by atoms with Crippen LogP contribution in [0.1, 0.15) is 11.1 Å². The maximum atomic E-state index is 12.1. The van der Waals surface area contributed by atoms with Crippen molar-refractivity contribution in [2.24, 2.45) is 0 Å². The van der Waals surface area contributed by atoms with Crippen molar-refractivity contribution < 1.29 is 21.5 Å². The summed E-state index contributed by atoms with van der Waals surface area (Å²) in [7, 11) is -0.664. The van der Waals surface area contributed by atoms with Gasteiger partial charge in [-0.05, 0) is 25.1 Å². The molecule has 0 aromatic heterocycles. The quantitative estimate of drug-likeness (QED) is 0.709. The first-order valence-corrected chi connectivity index (χ1v) is 9.12. The molecule has 23 heavy (non-hydrogen) atoms. The Morgan fingerprint density at radius 1 is 1.00 bits per heavy atom. The molecule has 2 rings (SSSR count). The summed E-state index contributed by atoms with van der Waals surface area (Å²) in [5, 5.41) is 0. The smallest absolute Gasteiger partial charge is 0.307 e. The molecule has 0 saturated carbocycles. The lowest BCUT2D eigenvalue weighted by Crippen LogP contribution is -2.02. The summed E-state index contributed by atoms with van der Waals surface area (Å²) in [6.07, 6.45) is 0. The monoisotopic (exact) mass is 354 g/mol. The van der Waals surface area contributed by atoms with Gasteiger partial charge in [-0.25, -0.2) is 0 Å². The molecular weight excluding hydrogens is 336 g/mol. The van der Waals surface area contributed by atoms with Crippen molar-refractivity contribution in [2.75, 3.05) is 14.2 Å². The van der Waals surface area contributed by atoms with Gasteiger partial charge in [0, 0.05) is 29.4 Å². The van der Waals surface area contributed by atoms with Crippen molar-refractivity contribution in [3.05, 3.63) is 53.6 Å². The molecule has 0 radical (unpaired) electrons. The van der Waals surface area contributed by atoms with Crippen LogP contribution in [0.15, 0.2) is 47.4 Å². The van der Waals surface area contributed by atoms with E-state index in [4.69, 9.17) is 13.1 Å². The van der Waals surface area contributed by atoms with E-state index in [-0.39, 0.29) is 4.90 Å². The summed E-state index contributed by atoms with van der Waals surface area (Å²) in [4.78, 5) is 0.136. The Balaban J connectivity index is 2.03. The third-order valence-corrected chi connectivity index (χ3v) is 5.54. The summed E-state index contributed by atoms with van der Waals surface area (Å²) in [5.41, 5.74) is 1.80. The Bertz CT molecular complexity index is 755. The van der Waals surface area contributed by atoms with Crippen molar-refractivity contribution >= 4 is 22.2 Å². The van der Waals surface area contributed by atoms with Crippen LogP contribution in [0.25, 0.3) is 0 Å². The molecule has 0 spiro atoms. The fourth-order valence-electron chi connectivity index (χ4n) is 1.87. The van der Waals surface area contributed by atoms with Crippen molar-refractivity contribution in [3.63, 3.8) is 0 Å². The lowest BCUT2D eigenvalue weighted by Gasteiger charge is -2.10. The van der Waals surface area contributed by atoms with Crippen LogP contribution in [0.2, 0.25) is 0 Å². The molecule has 7 heteroatoms. The van der Waals surface area contributed by atoms with Gasteiger partial charge in [0.1, 0.15) is 11.5 Å². The van der Waals surface area contributed by atoms with Gasteiger partial charge in [0.25, 0.3) is 0 Å². The molecule has 0 amide bonds. The zero-order valence-corrected chi connectivity index (χ0v) is 14.7. The van der Waals surface area contributed by atoms with Crippen LogP contribution >= 0.6 is 12.0 Å². The Morgan fingerprint density at radius 2 is 1.70 bits per heavy atom. The molecule has 0 N–H and O–H groups in total. The fourth-order valence-corrected chi connectivity index (χ4v) is 3.71.